The third-order valence-electron chi connectivity index (χ3n) is 3.97. The molecule has 0 bridgehead atoms. The van der Waals surface area contributed by atoms with Gasteiger partial charge in [0.2, 0.25) is 5.91 Å². The van der Waals surface area contributed by atoms with Crippen molar-refractivity contribution in [2.24, 2.45) is 0 Å². The molecule has 0 spiro atoms. The minimum atomic E-state index is 0.0600. The van der Waals surface area contributed by atoms with Gasteiger partial charge < -0.3 is 14.2 Å². The Morgan fingerprint density at radius 2 is 2.41 bits per heavy atom. The molecule has 2 aromatic rings. The van der Waals surface area contributed by atoms with Crippen LogP contribution in [0.3, 0.4) is 0 Å². The number of piperidine rings is 1. The van der Waals surface area contributed by atoms with Crippen molar-refractivity contribution in [3.05, 3.63) is 34.8 Å². The number of likely N-dealkylation sites (tertiary alicyclic amines) is 1. The molecule has 0 unspecified atom stereocenters. The van der Waals surface area contributed by atoms with Crippen molar-refractivity contribution in [1.29, 1.82) is 0 Å². The number of methoxy groups -OCH3 is 1. The summed E-state index contributed by atoms with van der Waals surface area (Å²) in [6, 6.07) is 0. The fourth-order valence-corrected chi connectivity index (χ4v) is 3.48. The van der Waals surface area contributed by atoms with Crippen LogP contribution in [0.4, 0.5) is 0 Å². The van der Waals surface area contributed by atoms with Gasteiger partial charge in [0.05, 0.1) is 17.7 Å². The highest BCUT2D eigenvalue weighted by Gasteiger charge is 2.27. The lowest BCUT2D eigenvalue weighted by Gasteiger charge is -2.32. The smallest absolute Gasteiger partial charge is 0.248 e. The Bertz CT molecular complexity index is 611. The van der Waals surface area contributed by atoms with Gasteiger partial charge in [-0.1, -0.05) is 0 Å². The van der Waals surface area contributed by atoms with Crippen LogP contribution in [0, 0.1) is 0 Å². The molecule has 3 heterocycles. The van der Waals surface area contributed by atoms with Gasteiger partial charge in [-0.25, -0.2) is 9.97 Å². The lowest BCUT2D eigenvalue weighted by molar-refractivity contribution is -0.136. The molecule has 0 radical (unpaired) electrons. The van der Waals surface area contributed by atoms with Gasteiger partial charge in [0, 0.05) is 43.9 Å². The van der Waals surface area contributed by atoms with E-state index >= 15 is 0 Å². The Kier molecular flexibility index (Phi) is 4.84. The molecule has 0 aliphatic carbocycles. The number of rotatable bonds is 5. The predicted molar refractivity (Wildman–Crippen MR) is 83.9 cm³/mol. The third-order valence-corrected chi connectivity index (χ3v) is 4.61. The highest BCUT2D eigenvalue weighted by atomic mass is 32.1. The van der Waals surface area contributed by atoms with E-state index in [0.29, 0.717) is 0 Å². The molecule has 1 atom stereocenters. The van der Waals surface area contributed by atoms with Gasteiger partial charge in [0.25, 0.3) is 0 Å². The van der Waals surface area contributed by atoms with Crippen LogP contribution < -0.4 is 0 Å². The summed E-state index contributed by atoms with van der Waals surface area (Å²) in [5.41, 5.74) is 2.89. The summed E-state index contributed by atoms with van der Waals surface area (Å²) < 4.78 is 7.10. The number of ether oxygens (including phenoxy) is 1. The summed E-state index contributed by atoms with van der Waals surface area (Å²) in [5.74, 6) is 1.39. The van der Waals surface area contributed by atoms with Crippen LogP contribution in [-0.4, -0.2) is 52.1 Å². The van der Waals surface area contributed by atoms with E-state index < -0.39 is 0 Å². The van der Waals surface area contributed by atoms with Crippen molar-refractivity contribution in [2.75, 3.05) is 26.8 Å². The molecule has 1 fully saturated rings. The standard InChI is InChI=1S/C15H20N4O2S/c1-21-9-14(20)18-5-2-3-12(7-18)15-16-4-6-19(15)8-13-10-22-11-17-13/h4,6,10-12H,2-3,5,7-9H2,1H3/t12-/m1/s1. The highest BCUT2D eigenvalue weighted by molar-refractivity contribution is 7.07. The number of carbonyl (C=O) groups is 1. The topological polar surface area (TPSA) is 60.2 Å². The maximum Gasteiger partial charge on any atom is 0.248 e. The van der Waals surface area contributed by atoms with E-state index in [1.165, 1.54) is 0 Å². The van der Waals surface area contributed by atoms with Gasteiger partial charge in [-0.15, -0.1) is 11.3 Å². The summed E-state index contributed by atoms with van der Waals surface area (Å²) >= 11 is 1.60. The van der Waals surface area contributed by atoms with Crippen molar-refractivity contribution in [1.82, 2.24) is 19.4 Å². The van der Waals surface area contributed by atoms with E-state index in [1.807, 2.05) is 22.8 Å². The number of thiazole rings is 1. The molecule has 118 valence electrons. The SMILES string of the molecule is COCC(=O)N1CCC[C@@H](c2nccn2Cc2cscn2)C1. The number of imidazole rings is 1. The van der Waals surface area contributed by atoms with Crippen LogP contribution in [0.2, 0.25) is 0 Å². The van der Waals surface area contributed by atoms with E-state index in [1.54, 1.807) is 18.4 Å². The Balaban J connectivity index is 1.71. The molecule has 1 aliphatic heterocycles. The van der Waals surface area contributed by atoms with Crippen molar-refractivity contribution < 1.29 is 9.53 Å². The average molecular weight is 320 g/mol. The predicted octanol–water partition coefficient (Wildman–Crippen LogP) is 1.74. The molecule has 1 aliphatic rings. The van der Waals surface area contributed by atoms with Crippen LogP contribution in [-0.2, 0) is 16.1 Å². The number of carbonyl (C=O) groups excluding carboxylic acids is 1. The zero-order valence-electron chi connectivity index (χ0n) is 12.6. The fraction of sp³-hybridized carbons (Fsp3) is 0.533. The molecular weight excluding hydrogens is 300 g/mol. The molecule has 0 saturated carbocycles. The summed E-state index contributed by atoms with van der Waals surface area (Å²) in [5, 5.41) is 2.05. The minimum absolute atomic E-state index is 0.0600. The van der Waals surface area contributed by atoms with Gasteiger partial charge in [0.1, 0.15) is 12.4 Å². The first kappa shape index (κ1) is 15.2. The number of amides is 1. The van der Waals surface area contributed by atoms with Gasteiger partial charge >= 0.3 is 0 Å². The van der Waals surface area contributed by atoms with E-state index in [9.17, 15) is 4.79 Å². The second kappa shape index (κ2) is 7.02. The molecule has 6 nitrogen and oxygen atoms in total. The summed E-state index contributed by atoms with van der Waals surface area (Å²) in [6.45, 7) is 2.42. The fourth-order valence-electron chi connectivity index (χ4n) is 2.93. The van der Waals surface area contributed by atoms with Crippen LogP contribution in [0.15, 0.2) is 23.3 Å². The van der Waals surface area contributed by atoms with Gasteiger partial charge in [-0.3, -0.25) is 4.79 Å². The third kappa shape index (κ3) is 3.36. The Hall–Kier alpha value is -1.73. The van der Waals surface area contributed by atoms with E-state index in [4.69, 9.17) is 4.74 Å². The van der Waals surface area contributed by atoms with Crippen molar-refractivity contribution >= 4 is 17.2 Å². The van der Waals surface area contributed by atoms with E-state index in [-0.39, 0.29) is 18.4 Å². The highest BCUT2D eigenvalue weighted by Crippen LogP contribution is 2.26. The van der Waals surface area contributed by atoms with Crippen molar-refractivity contribution in [3.8, 4) is 0 Å². The number of hydrogen-bond donors (Lipinski definition) is 0. The summed E-state index contributed by atoms with van der Waals surface area (Å²) in [4.78, 5) is 22.8. The first-order valence-corrected chi connectivity index (χ1v) is 8.37. The summed E-state index contributed by atoms with van der Waals surface area (Å²) in [7, 11) is 1.56. The molecule has 2 aromatic heterocycles. The zero-order valence-corrected chi connectivity index (χ0v) is 13.5. The Labute approximate surface area is 133 Å². The first-order chi connectivity index (χ1) is 10.8. The number of nitrogens with zero attached hydrogens (tertiary/aromatic N) is 4. The second-order valence-electron chi connectivity index (χ2n) is 5.51. The molecule has 22 heavy (non-hydrogen) atoms. The largest absolute Gasteiger partial charge is 0.375 e. The van der Waals surface area contributed by atoms with Crippen LogP contribution in [0.25, 0.3) is 0 Å². The van der Waals surface area contributed by atoms with Crippen LogP contribution in [0.1, 0.15) is 30.3 Å². The average Bonchev–Trinajstić information content (AvgIpc) is 3.20. The number of hydrogen-bond acceptors (Lipinski definition) is 5. The minimum Gasteiger partial charge on any atom is -0.375 e. The van der Waals surface area contributed by atoms with Gasteiger partial charge in [-0.2, -0.15) is 0 Å². The maximum absolute atomic E-state index is 12.0. The van der Waals surface area contributed by atoms with E-state index in [2.05, 4.69) is 19.9 Å². The van der Waals surface area contributed by atoms with Crippen LogP contribution in [0.5, 0.6) is 0 Å². The maximum atomic E-state index is 12.0. The quantitative estimate of drug-likeness (QED) is 0.842. The monoisotopic (exact) mass is 320 g/mol. The molecule has 1 amide bonds. The Morgan fingerprint density at radius 3 is 3.18 bits per heavy atom. The molecule has 0 N–H and O–H groups in total. The molecule has 1 saturated heterocycles. The van der Waals surface area contributed by atoms with Crippen molar-refractivity contribution in [2.45, 2.75) is 25.3 Å². The second-order valence-corrected chi connectivity index (χ2v) is 6.22. The zero-order chi connectivity index (χ0) is 15.4. The molecular formula is C15H20N4O2S. The van der Waals surface area contributed by atoms with Crippen LogP contribution >= 0.6 is 11.3 Å². The lowest BCUT2D eigenvalue weighted by atomic mass is 9.97. The Morgan fingerprint density at radius 1 is 1.50 bits per heavy atom. The molecule has 7 heteroatoms. The molecule has 3 rings (SSSR count). The van der Waals surface area contributed by atoms with Gasteiger partial charge in [-0.05, 0) is 12.8 Å². The summed E-state index contributed by atoms with van der Waals surface area (Å²) in [6.07, 6.45) is 5.89. The van der Waals surface area contributed by atoms with Crippen molar-refractivity contribution in [3.63, 3.8) is 0 Å². The first-order valence-electron chi connectivity index (χ1n) is 7.42. The normalized spacial score (nSPS) is 18.6. The molecule has 0 aromatic carbocycles. The van der Waals surface area contributed by atoms with Gasteiger partial charge in [0.15, 0.2) is 0 Å². The number of aromatic nitrogens is 3. The lowest BCUT2D eigenvalue weighted by Crippen LogP contribution is -2.41. The van der Waals surface area contributed by atoms with E-state index in [0.717, 1.165) is 44.0 Å².